The molecule has 0 bridgehead atoms. The summed E-state index contributed by atoms with van der Waals surface area (Å²) in [5, 5.41) is 2.68. The van der Waals surface area contributed by atoms with E-state index in [1.54, 1.807) is 18.2 Å². The molecule has 0 aromatic heterocycles. The number of benzene rings is 2. The zero-order chi connectivity index (χ0) is 13.8. The predicted molar refractivity (Wildman–Crippen MR) is 72.8 cm³/mol. The summed E-state index contributed by atoms with van der Waals surface area (Å²) >= 11 is 3.29. The van der Waals surface area contributed by atoms with Gasteiger partial charge in [0.05, 0.1) is 6.42 Å². The van der Waals surface area contributed by atoms with Gasteiger partial charge in [-0.1, -0.05) is 28.1 Å². The quantitative estimate of drug-likeness (QED) is 0.910. The highest BCUT2D eigenvalue weighted by Gasteiger charge is 2.07. The maximum Gasteiger partial charge on any atom is 0.228 e. The molecule has 5 heteroatoms. The summed E-state index contributed by atoms with van der Waals surface area (Å²) in [6.07, 6.45) is -0.0102. The first kappa shape index (κ1) is 13.7. The van der Waals surface area contributed by atoms with Crippen LogP contribution in [0.4, 0.5) is 14.5 Å². The van der Waals surface area contributed by atoms with Gasteiger partial charge in [-0.25, -0.2) is 8.78 Å². The van der Waals surface area contributed by atoms with Crippen LogP contribution in [0, 0.1) is 11.6 Å². The Kier molecular flexibility index (Phi) is 4.27. The van der Waals surface area contributed by atoms with E-state index in [4.69, 9.17) is 0 Å². The average Bonchev–Trinajstić information content (AvgIpc) is 2.34. The van der Waals surface area contributed by atoms with Gasteiger partial charge in [-0.2, -0.15) is 0 Å². The summed E-state index contributed by atoms with van der Waals surface area (Å²) in [5.41, 5.74) is 1.06. The molecule has 0 aliphatic rings. The topological polar surface area (TPSA) is 29.1 Å². The summed E-state index contributed by atoms with van der Waals surface area (Å²) < 4.78 is 26.6. The Labute approximate surface area is 117 Å². The second-order valence-electron chi connectivity index (χ2n) is 3.98. The molecular weight excluding hydrogens is 316 g/mol. The molecule has 2 rings (SSSR count). The Bertz CT molecular complexity index is 616. The number of carbonyl (C=O) groups is 1. The number of halogens is 3. The molecule has 0 heterocycles. The van der Waals surface area contributed by atoms with Crippen molar-refractivity contribution in [3.63, 3.8) is 0 Å². The predicted octanol–water partition coefficient (Wildman–Crippen LogP) is 3.91. The van der Waals surface area contributed by atoms with Gasteiger partial charge in [0.2, 0.25) is 5.91 Å². The van der Waals surface area contributed by atoms with E-state index in [0.29, 0.717) is 11.3 Å². The summed E-state index contributed by atoms with van der Waals surface area (Å²) in [5.74, 6) is -2.16. The van der Waals surface area contributed by atoms with Gasteiger partial charge < -0.3 is 5.32 Å². The van der Waals surface area contributed by atoms with Crippen molar-refractivity contribution < 1.29 is 13.6 Å². The summed E-state index contributed by atoms with van der Waals surface area (Å²) in [6, 6.07) is 10.5. The highest BCUT2D eigenvalue weighted by molar-refractivity contribution is 9.10. The lowest BCUT2D eigenvalue weighted by Crippen LogP contribution is -2.14. The van der Waals surface area contributed by atoms with E-state index in [1.807, 2.05) is 6.07 Å². The maximum absolute atomic E-state index is 13.0. The van der Waals surface area contributed by atoms with Gasteiger partial charge in [-0.3, -0.25) is 4.79 Å². The lowest BCUT2D eigenvalue weighted by Gasteiger charge is -2.06. The Morgan fingerprint density at radius 1 is 1.11 bits per heavy atom. The lowest BCUT2D eigenvalue weighted by molar-refractivity contribution is -0.115. The number of hydrogen-bond donors (Lipinski definition) is 1. The molecule has 0 radical (unpaired) electrons. The molecule has 19 heavy (non-hydrogen) atoms. The van der Waals surface area contributed by atoms with Crippen LogP contribution in [-0.2, 0) is 11.2 Å². The maximum atomic E-state index is 13.0. The lowest BCUT2D eigenvalue weighted by atomic mass is 10.1. The van der Waals surface area contributed by atoms with Crippen molar-refractivity contribution >= 4 is 27.5 Å². The first-order chi connectivity index (χ1) is 9.04. The fourth-order valence-electron chi connectivity index (χ4n) is 1.61. The van der Waals surface area contributed by atoms with Crippen molar-refractivity contribution in [3.05, 3.63) is 64.1 Å². The summed E-state index contributed by atoms with van der Waals surface area (Å²) in [6.45, 7) is 0. The Morgan fingerprint density at radius 3 is 2.58 bits per heavy atom. The molecule has 0 aliphatic carbocycles. The molecule has 0 saturated carbocycles. The van der Waals surface area contributed by atoms with Crippen LogP contribution in [0.1, 0.15) is 5.56 Å². The number of anilines is 1. The van der Waals surface area contributed by atoms with Crippen LogP contribution in [-0.4, -0.2) is 5.91 Å². The average molecular weight is 326 g/mol. The molecule has 0 spiro atoms. The van der Waals surface area contributed by atoms with Crippen LogP contribution in [0.25, 0.3) is 0 Å². The van der Waals surface area contributed by atoms with Gasteiger partial charge in [0.25, 0.3) is 0 Å². The molecule has 2 nitrogen and oxygen atoms in total. The van der Waals surface area contributed by atoms with Gasteiger partial charge in [0, 0.05) is 10.2 Å². The van der Waals surface area contributed by atoms with Crippen molar-refractivity contribution in [2.75, 3.05) is 5.32 Å². The Hall–Kier alpha value is -1.75. The number of carbonyl (C=O) groups excluding carboxylic acids is 1. The van der Waals surface area contributed by atoms with E-state index in [-0.39, 0.29) is 12.3 Å². The Balaban J connectivity index is 2.03. The van der Waals surface area contributed by atoms with Crippen LogP contribution in [0.5, 0.6) is 0 Å². The molecule has 1 N–H and O–H groups in total. The van der Waals surface area contributed by atoms with Crippen LogP contribution in [0.3, 0.4) is 0 Å². The second kappa shape index (κ2) is 5.93. The highest BCUT2D eigenvalue weighted by atomic mass is 79.9. The van der Waals surface area contributed by atoms with Crippen molar-refractivity contribution in [1.82, 2.24) is 0 Å². The number of hydrogen-bond acceptors (Lipinski definition) is 1. The smallest absolute Gasteiger partial charge is 0.228 e. The van der Waals surface area contributed by atoms with Crippen molar-refractivity contribution in [1.29, 1.82) is 0 Å². The third-order valence-corrected chi connectivity index (χ3v) is 2.95. The largest absolute Gasteiger partial charge is 0.326 e. The van der Waals surface area contributed by atoms with Gasteiger partial charge in [-0.05, 0) is 35.9 Å². The fraction of sp³-hybridized carbons (Fsp3) is 0.0714. The van der Waals surface area contributed by atoms with Gasteiger partial charge in [0.15, 0.2) is 11.6 Å². The van der Waals surface area contributed by atoms with Crippen molar-refractivity contribution in [2.45, 2.75) is 6.42 Å². The Morgan fingerprint density at radius 2 is 1.89 bits per heavy atom. The molecule has 0 saturated heterocycles. The first-order valence-electron chi connectivity index (χ1n) is 5.54. The molecule has 0 fully saturated rings. The number of nitrogens with one attached hydrogen (secondary N) is 1. The third-order valence-electron chi connectivity index (χ3n) is 2.46. The van der Waals surface area contributed by atoms with E-state index in [0.717, 1.165) is 16.6 Å². The van der Waals surface area contributed by atoms with E-state index in [2.05, 4.69) is 21.2 Å². The molecule has 2 aromatic rings. The van der Waals surface area contributed by atoms with E-state index in [1.165, 1.54) is 6.07 Å². The van der Waals surface area contributed by atoms with E-state index >= 15 is 0 Å². The van der Waals surface area contributed by atoms with Gasteiger partial charge in [-0.15, -0.1) is 0 Å². The first-order valence-corrected chi connectivity index (χ1v) is 6.33. The standard InChI is InChI=1S/C14H10BrF2NO/c15-10-2-1-3-11(8-10)18-14(19)7-9-4-5-12(16)13(17)6-9/h1-6,8H,7H2,(H,18,19). The van der Waals surface area contributed by atoms with Crippen LogP contribution in [0.15, 0.2) is 46.9 Å². The molecular formula is C14H10BrF2NO. The van der Waals surface area contributed by atoms with Crippen LogP contribution < -0.4 is 5.32 Å². The van der Waals surface area contributed by atoms with Gasteiger partial charge >= 0.3 is 0 Å². The molecule has 1 amide bonds. The minimum atomic E-state index is -0.951. The third kappa shape index (κ3) is 3.86. The van der Waals surface area contributed by atoms with E-state index < -0.39 is 11.6 Å². The second-order valence-corrected chi connectivity index (χ2v) is 4.90. The van der Waals surface area contributed by atoms with Crippen LogP contribution >= 0.6 is 15.9 Å². The summed E-state index contributed by atoms with van der Waals surface area (Å²) in [7, 11) is 0. The number of rotatable bonds is 3. The van der Waals surface area contributed by atoms with Crippen molar-refractivity contribution in [3.8, 4) is 0 Å². The minimum Gasteiger partial charge on any atom is -0.326 e. The highest BCUT2D eigenvalue weighted by Crippen LogP contribution is 2.16. The monoisotopic (exact) mass is 325 g/mol. The number of amides is 1. The van der Waals surface area contributed by atoms with Gasteiger partial charge in [0.1, 0.15) is 0 Å². The minimum absolute atomic E-state index is 0.0102. The molecule has 2 aromatic carbocycles. The van der Waals surface area contributed by atoms with Crippen molar-refractivity contribution in [2.24, 2.45) is 0 Å². The zero-order valence-corrected chi connectivity index (χ0v) is 11.4. The summed E-state index contributed by atoms with van der Waals surface area (Å²) in [4.78, 5) is 11.7. The molecule has 0 aliphatic heterocycles. The molecule has 0 atom stereocenters. The van der Waals surface area contributed by atoms with Crippen LogP contribution in [0.2, 0.25) is 0 Å². The van der Waals surface area contributed by atoms with E-state index in [9.17, 15) is 13.6 Å². The molecule has 0 unspecified atom stereocenters. The zero-order valence-electron chi connectivity index (χ0n) is 9.79. The SMILES string of the molecule is O=C(Cc1ccc(F)c(F)c1)Nc1cccc(Br)c1. The fourth-order valence-corrected chi connectivity index (χ4v) is 2.01. The normalized spacial score (nSPS) is 10.3. The molecule has 98 valence electrons.